The van der Waals surface area contributed by atoms with Crippen molar-refractivity contribution in [3.63, 3.8) is 0 Å². The molecular weight excluding hydrogens is 578 g/mol. The van der Waals surface area contributed by atoms with Gasteiger partial charge >= 0.3 is 12.1 Å². The molecule has 9 nitrogen and oxygen atoms in total. The fourth-order valence-corrected chi connectivity index (χ4v) is 5.01. The third kappa shape index (κ3) is 12.2. The third-order valence-corrected chi connectivity index (χ3v) is 6.99. The highest BCUT2D eigenvalue weighted by Crippen LogP contribution is 2.26. The fraction of sp³-hybridized carbons (Fsp3) is 0.529. The van der Waals surface area contributed by atoms with Crippen LogP contribution in [0.15, 0.2) is 60.7 Å². The van der Waals surface area contributed by atoms with Crippen LogP contribution in [0.5, 0.6) is 0 Å². The first-order valence-corrected chi connectivity index (χ1v) is 16.3. The molecule has 0 saturated heterocycles. The number of benzene rings is 2. The van der Waals surface area contributed by atoms with Crippen molar-refractivity contribution in [2.75, 3.05) is 12.0 Å². The first kappa shape index (κ1) is 36.7. The Labute approximate surface area is 266 Å². The molecule has 0 aliphatic carbocycles. The summed E-state index contributed by atoms with van der Waals surface area (Å²) in [6.45, 7) is 14.2. The van der Waals surface area contributed by atoms with Crippen LogP contribution >= 0.6 is 11.8 Å². The van der Waals surface area contributed by atoms with Crippen molar-refractivity contribution in [1.29, 1.82) is 0 Å². The molecule has 10 heteroatoms. The van der Waals surface area contributed by atoms with Crippen molar-refractivity contribution >= 4 is 35.6 Å². The van der Waals surface area contributed by atoms with Crippen LogP contribution in [0.2, 0.25) is 0 Å². The molecule has 0 aromatic heterocycles. The highest BCUT2D eigenvalue weighted by molar-refractivity contribution is 7.98. The summed E-state index contributed by atoms with van der Waals surface area (Å²) in [6.07, 6.45) is 1.74. The van der Waals surface area contributed by atoms with Crippen LogP contribution in [0.4, 0.5) is 4.79 Å². The highest BCUT2D eigenvalue weighted by atomic mass is 32.2. The van der Waals surface area contributed by atoms with E-state index in [1.807, 2.05) is 56.5 Å². The standard InChI is InChI=1S/C34H49N3O6S/c1-23(2)37(30(39)26(20-21-44-9)36-32(41)43-34(6,7)8)28(25-18-14-11-15-19-25)29(38)35-27(31(40)42-33(3,4)5)22-24-16-12-10-13-17-24/h10-19,23,26-28H,20-22H2,1-9H3,(H,35,38)(H,36,41). The third-order valence-electron chi connectivity index (χ3n) is 6.34. The number of nitrogens with zero attached hydrogens (tertiary/aromatic N) is 1. The number of amides is 3. The lowest BCUT2D eigenvalue weighted by molar-refractivity contribution is -0.159. The van der Waals surface area contributed by atoms with Crippen molar-refractivity contribution in [2.45, 2.75) is 104 Å². The lowest BCUT2D eigenvalue weighted by Gasteiger charge is -2.38. The number of rotatable bonds is 13. The zero-order valence-electron chi connectivity index (χ0n) is 27.5. The normalized spacial score (nSPS) is 13.8. The molecule has 0 bridgehead atoms. The minimum Gasteiger partial charge on any atom is -0.458 e. The molecule has 2 rings (SSSR count). The van der Waals surface area contributed by atoms with Crippen molar-refractivity contribution in [2.24, 2.45) is 0 Å². The number of carbonyl (C=O) groups excluding carboxylic acids is 4. The quantitative estimate of drug-likeness (QED) is 0.275. The van der Waals surface area contributed by atoms with Crippen LogP contribution in [-0.2, 0) is 30.3 Å². The Balaban J connectivity index is 2.53. The molecule has 2 aromatic carbocycles. The molecule has 0 heterocycles. The van der Waals surface area contributed by atoms with Gasteiger partial charge in [-0.3, -0.25) is 9.59 Å². The number of thioether (sulfide) groups is 1. The first-order valence-electron chi connectivity index (χ1n) is 14.9. The second-order valence-corrected chi connectivity index (χ2v) is 13.9. The number of ether oxygens (including phenoxy) is 2. The number of nitrogens with one attached hydrogen (secondary N) is 2. The second-order valence-electron chi connectivity index (χ2n) is 12.9. The van der Waals surface area contributed by atoms with Gasteiger partial charge in [-0.1, -0.05) is 60.7 Å². The Kier molecular flexibility index (Phi) is 13.8. The summed E-state index contributed by atoms with van der Waals surface area (Å²) in [7, 11) is 0. The van der Waals surface area contributed by atoms with Crippen LogP contribution in [0.25, 0.3) is 0 Å². The average Bonchev–Trinajstić information content (AvgIpc) is 2.92. The number of hydrogen-bond donors (Lipinski definition) is 2. The van der Waals surface area contributed by atoms with Gasteiger partial charge in [0, 0.05) is 12.5 Å². The maximum Gasteiger partial charge on any atom is 0.408 e. The lowest BCUT2D eigenvalue weighted by Crippen LogP contribution is -2.56. The molecule has 2 N–H and O–H groups in total. The van der Waals surface area contributed by atoms with Crippen LogP contribution in [0, 0.1) is 0 Å². The van der Waals surface area contributed by atoms with E-state index in [1.54, 1.807) is 77.6 Å². The zero-order valence-corrected chi connectivity index (χ0v) is 28.3. The minimum atomic E-state index is -1.10. The van der Waals surface area contributed by atoms with Gasteiger partial charge in [-0.15, -0.1) is 0 Å². The van der Waals surface area contributed by atoms with Crippen LogP contribution in [0.3, 0.4) is 0 Å². The Hall–Kier alpha value is -3.53. The number of esters is 1. The van der Waals surface area contributed by atoms with E-state index >= 15 is 0 Å². The Morgan fingerprint density at radius 3 is 1.84 bits per heavy atom. The fourth-order valence-electron chi connectivity index (χ4n) is 4.54. The van der Waals surface area contributed by atoms with E-state index in [9.17, 15) is 19.2 Å². The second kappa shape index (κ2) is 16.5. The van der Waals surface area contributed by atoms with Gasteiger partial charge in [0.15, 0.2) is 0 Å². The summed E-state index contributed by atoms with van der Waals surface area (Å²) in [6, 6.07) is 14.8. The number of hydrogen-bond acceptors (Lipinski definition) is 7. The van der Waals surface area contributed by atoms with Gasteiger partial charge in [0.1, 0.15) is 29.3 Å². The molecule has 44 heavy (non-hydrogen) atoms. The summed E-state index contributed by atoms with van der Waals surface area (Å²) < 4.78 is 11.1. The van der Waals surface area contributed by atoms with Crippen molar-refractivity contribution < 1.29 is 28.7 Å². The molecular formula is C34H49N3O6S. The van der Waals surface area contributed by atoms with Gasteiger partial charge in [-0.05, 0) is 84.9 Å². The first-order chi connectivity index (χ1) is 20.5. The highest BCUT2D eigenvalue weighted by Gasteiger charge is 2.39. The summed E-state index contributed by atoms with van der Waals surface area (Å²) in [4.78, 5) is 56.2. The SMILES string of the molecule is CSCCC(NC(=O)OC(C)(C)C)C(=O)N(C(C)C)C(C(=O)NC(Cc1ccccc1)C(=O)OC(C)(C)C)c1ccccc1. The van der Waals surface area contributed by atoms with Gasteiger partial charge in [0.05, 0.1) is 0 Å². The van der Waals surface area contributed by atoms with E-state index in [0.717, 1.165) is 5.56 Å². The smallest absolute Gasteiger partial charge is 0.408 e. The summed E-state index contributed by atoms with van der Waals surface area (Å²) in [5.41, 5.74) is -0.115. The van der Waals surface area contributed by atoms with Crippen molar-refractivity contribution in [1.82, 2.24) is 15.5 Å². The minimum absolute atomic E-state index is 0.204. The van der Waals surface area contributed by atoms with Crippen molar-refractivity contribution in [3.8, 4) is 0 Å². The van der Waals surface area contributed by atoms with Gasteiger partial charge < -0.3 is 25.0 Å². The van der Waals surface area contributed by atoms with Crippen molar-refractivity contribution in [3.05, 3.63) is 71.8 Å². The van der Waals surface area contributed by atoms with E-state index < -0.39 is 59.2 Å². The molecule has 0 spiro atoms. The molecule has 0 saturated carbocycles. The maximum atomic E-state index is 14.3. The van der Waals surface area contributed by atoms with E-state index in [2.05, 4.69) is 10.6 Å². The summed E-state index contributed by atoms with van der Waals surface area (Å²) >= 11 is 1.54. The number of carbonyl (C=O) groups is 4. The predicted molar refractivity (Wildman–Crippen MR) is 175 cm³/mol. The van der Waals surface area contributed by atoms with E-state index in [4.69, 9.17) is 9.47 Å². The van der Waals surface area contributed by atoms with Gasteiger partial charge in [-0.2, -0.15) is 11.8 Å². The molecule has 0 fully saturated rings. The summed E-state index contributed by atoms with van der Waals surface area (Å²) in [5, 5.41) is 5.64. The molecule has 3 atom stereocenters. The van der Waals surface area contributed by atoms with Gasteiger partial charge in [-0.25, -0.2) is 9.59 Å². The molecule has 0 aliphatic rings. The Morgan fingerprint density at radius 2 is 1.34 bits per heavy atom. The predicted octanol–water partition coefficient (Wildman–Crippen LogP) is 5.68. The lowest BCUT2D eigenvalue weighted by atomic mass is 9.99. The molecule has 2 aromatic rings. The van der Waals surface area contributed by atoms with E-state index in [-0.39, 0.29) is 6.42 Å². The number of alkyl carbamates (subject to hydrolysis) is 1. The van der Waals surface area contributed by atoms with E-state index in [0.29, 0.717) is 17.7 Å². The summed E-state index contributed by atoms with van der Waals surface area (Å²) in [5.74, 6) is -0.946. The van der Waals surface area contributed by atoms with Crippen LogP contribution < -0.4 is 10.6 Å². The Morgan fingerprint density at radius 1 is 0.795 bits per heavy atom. The molecule has 3 unspecified atom stereocenters. The molecule has 242 valence electrons. The maximum absolute atomic E-state index is 14.3. The van der Waals surface area contributed by atoms with Gasteiger partial charge in [0.25, 0.3) is 0 Å². The van der Waals surface area contributed by atoms with E-state index in [1.165, 1.54) is 4.90 Å². The molecule has 3 amide bonds. The topological polar surface area (TPSA) is 114 Å². The monoisotopic (exact) mass is 627 g/mol. The Bertz CT molecular complexity index is 1230. The molecule has 0 radical (unpaired) electrons. The molecule has 0 aliphatic heterocycles. The van der Waals surface area contributed by atoms with Crippen LogP contribution in [-0.4, -0.2) is 70.1 Å². The van der Waals surface area contributed by atoms with Gasteiger partial charge in [0.2, 0.25) is 11.8 Å². The largest absolute Gasteiger partial charge is 0.458 e. The van der Waals surface area contributed by atoms with Crippen LogP contribution in [0.1, 0.15) is 79.0 Å². The average molecular weight is 628 g/mol. The zero-order chi connectivity index (χ0) is 33.1.